The number of hydrogen-bond acceptors (Lipinski definition) is 4. The number of rotatable bonds is 6. The van der Waals surface area contributed by atoms with Crippen molar-refractivity contribution < 1.29 is 9.18 Å². The van der Waals surface area contributed by atoms with Crippen molar-refractivity contribution in [2.45, 2.75) is 50.9 Å². The van der Waals surface area contributed by atoms with E-state index in [1.54, 1.807) is 6.07 Å². The second-order valence-corrected chi connectivity index (χ2v) is 8.46. The molecule has 4 rings (SSSR count). The number of hydrogen-bond donors (Lipinski definition) is 0. The third kappa shape index (κ3) is 4.26. The Bertz CT molecular complexity index is 1040. The summed E-state index contributed by atoms with van der Waals surface area (Å²) in [4.78, 5) is 14.9. The van der Waals surface area contributed by atoms with Gasteiger partial charge in [0.05, 0.1) is 5.75 Å². The molecule has 3 aromatic rings. The van der Waals surface area contributed by atoms with Crippen molar-refractivity contribution in [2.75, 3.05) is 10.7 Å². The number of anilines is 1. The van der Waals surface area contributed by atoms with E-state index in [0.717, 1.165) is 41.6 Å². The lowest BCUT2D eigenvalue weighted by atomic mass is 9.96. The Kier molecular flexibility index (Phi) is 6.18. The zero-order valence-electron chi connectivity index (χ0n) is 17.2. The molecule has 1 aliphatic rings. The van der Waals surface area contributed by atoms with E-state index in [-0.39, 0.29) is 23.5 Å². The Morgan fingerprint density at radius 1 is 1.20 bits per heavy atom. The van der Waals surface area contributed by atoms with Crippen LogP contribution in [-0.4, -0.2) is 32.5 Å². The maximum Gasteiger partial charge on any atom is 0.237 e. The standard InChI is InChI=1S/C23H25FN4OS/c1-3-27-21(13-17-7-5-4-6-8-17)25-26-23(27)30-15-22(29)28-16(2)9-10-18-14-19(24)11-12-20(18)28/h4-8,11-12,14,16H,3,9-10,13,15H2,1-2H3/t16-/m0/s1. The lowest BCUT2D eigenvalue weighted by Crippen LogP contribution is -2.43. The Balaban J connectivity index is 1.48. The highest BCUT2D eigenvalue weighted by Gasteiger charge is 2.28. The van der Waals surface area contributed by atoms with Gasteiger partial charge in [-0.15, -0.1) is 10.2 Å². The van der Waals surface area contributed by atoms with Crippen LogP contribution in [0.25, 0.3) is 0 Å². The van der Waals surface area contributed by atoms with Crippen molar-refractivity contribution in [3.8, 4) is 0 Å². The summed E-state index contributed by atoms with van der Waals surface area (Å²) in [5.74, 6) is 0.915. The van der Waals surface area contributed by atoms with Crippen molar-refractivity contribution in [2.24, 2.45) is 0 Å². The summed E-state index contributed by atoms with van der Waals surface area (Å²) in [6.45, 7) is 4.84. The SMILES string of the molecule is CCn1c(Cc2ccccc2)nnc1SCC(=O)N1c2ccc(F)cc2CC[C@@H]1C. The maximum absolute atomic E-state index is 13.6. The lowest BCUT2D eigenvalue weighted by molar-refractivity contribution is -0.116. The number of amides is 1. The van der Waals surface area contributed by atoms with Gasteiger partial charge in [-0.25, -0.2) is 4.39 Å². The van der Waals surface area contributed by atoms with E-state index in [0.29, 0.717) is 6.42 Å². The Morgan fingerprint density at radius 2 is 2.00 bits per heavy atom. The van der Waals surface area contributed by atoms with E-state index in [1.165, 1.54) is 29.5 Å². The largest absolute Gasteiger partial charge is 0.309 e. The normalized spacial score (nSPS) is 15.8. The van der Waals surface area contributed by atoms with Crippen LogP contribution in [0, 0.1) is 5.82 Å². The third-order valence-corrected chi connectivity index (χ3v) is 6.43. The van der Waals surface area contributed by atoms with Crippen molar-refractivity contribution in [3.05, 3.63) is 71.3 Å². The van der Waals surface area contributed by atoms with E-state index < -0.39 is 0 Å². The van der Waals surface area contributed by atoms with Crippen molar-refractivity contribution in [1.82, 2.24) is 14.8 Å². The first-order valence-corrected chi connectivity index (χ1v) is 11.2. The monoisotopic (exact) mass is 424 g/mol. The summed E-state index contributed by atoms with van der Waals surface area (Å²) >= 11 is 1.41. The highest BCUT2D eigenvalue weighted by Crippen LogP contribution is 2.32. The van der Waals surface area contributed by atoms with E-state index in [2.05, 4.69) is 33.8 Å². The molecule has 1 aromatic heterocycles. The number of aromatic nitrogens is 3. The van der Waals surface area contributed by atoms with E-state index in [4.69, 9.17) is 0 Å². The number of carbonyl (C=O) groups is 1. The smallest absolute Gasteiger partial charge is 0.237 e. The molecule has 2 heterocycles. The predicted molar refractivity (Wildman–Crippen MR) is 117 cm³/mol. The van der Waals surface area contributed by atoms with E-state index in [1.807, 2.05) is 30.0 Å². The van der Waals surface area contributed by atoms with Gasteiger partial charge in [0.1, 0.15) is 11.6 Å². The second-order valence-electron chi connectivity index (χ2n) is 7.52. The fraction of sp³-hybridized carbons (Fsp3) is 0.348. The average molecular weight is 425 g/mol. The fourth-order valence-corrected chi connectivity index (χ4v) is 4.83. The molecular formula is C23H25FN4OS. The van der Waals surface area contributed by atoms with Gasteiger partial charge >= 0.3 is 0 Å². The first kappa shape index (κ1) is 20.6. The molecule has 1 aliphatic heterocycles. The van der Waals surface area contributed by atoms with Gasteiger partial charge in [0.2, 0.25) is 5.91 Å². The number of fused-ring (bicyclic) bond motifs is 1. The molecule has 1 atom stereocenters. The van der Waals surface area contributed by atoms with Crippen molar-refractivity contribution >= 4 is 23.4 Å². The highest BCUT2D eigenvalue weighted by atomic mass is 32.2. The van der Waals surface area contributed by atoms with Crippen molar-refractivity contribution in [3.63, 3.8) is 0 Å². The molecule has 0 spiro atoms. The van der Waals surface area contributed by atoms with Crippen LogP contribution >= 0.6 is 11.8 Å². The molecule has 156 valence electrons. The van der Waals surface area contributed by atoms with Crippen LogP contribution in [-0.2, 0) is 24.2 Å². The second kappa shape index (κ2) is 9.00. The summed E-state index contributed by atoms with van der Waals surface area (Å²) in [6, 6.07) is 14.9. The lowest BCUT2D eigenvalue weighted by Gasteiger charge is -2.35. The third-order valence-electron chi connectivity index (χ3n) is 5.48. The maximum atomic E-state index is 13.6. The van der Waals surface area contributed by atoms with Gasteiger partial charge < -0.3 is 9.47 Å². The first-order chi connectivity index (χ1) is 14.6. The minimum atomic E-state index is -0.257. The van der Waals surface area contributed by atoms with Crippen LogP contribution in [0.15, 0.2) is 53.7 Å². The zero-order chi connectivity index (χ0) is 21.1. The molecule has 1 amide bonds. The molecule has 0 aliphatic carbocycles. The summed E-state index contributed by atoms with van der Waals surface area (Å²) in [5, 5.41) is 9.44. The van der Waals surface area contributed by atoms with Gasteiger partial charge in [-0.3, -0.25) is 4.79 Å². The van der Waals surface area contributed by atoms with Gasteiger partial charge in [-0.05, 0) is 56.0 Å². The van der Waals surface area contributed by atoms with Gasteiger partial charge in [-0.2, -0.15) is 0 Å². The van der Waals surface area contributed by atoms with E-state index >= 15 is 0 Å². The number of halogens is 1. The molecule has 0 radical (unpaired) electrons. The Hall–Kier alpha value is -2.67. The molecule has 0 unspecified atom stereocenters. The molecule has 0 saturated heterocycles. The van der Waals surface area contributed by atoms with Gasteiger partial charge in [0, 0.05) is 24.7 Å². The molecule has 30 heavy (non-hydrogen) atoms. The van der Waals surface area contributed by atoms with Gasteiger partial charge in [-0.1, -0.05) is 42.1 Å². The minimum Gasteiger partial charge on any atom is -0.309 e. The Morgan fingerprint density at radius 3 is 2.77 bits per heavy atom. The molecule has 5 nitrogen and oxygen atoms in total. The van der Waals surface area contributed by atoms with Crippen LogP contribution in [0.2, 0.25) is 0 Å². The average Bonchev–Trinajstić information content (AvgIpc) is 3.14. The molecule has 0 N–H and O–H groups in total. The number of thioether (sulfide) groups is 1. The number of benzene rings is 2. The number of aryl methyl sites for hydroxylation is 1. The van der Waals surface area contributed by atoms with Crippen molar-refractivity contribution in [1.29, 1.82) is 0 Å². The van der Waals surface area contributed by atoms with Crippen LogP contribution in [0.3, 0.4) is 0 Å². The molecular weight excluding hydrogens is 399 g/mol. The van der Waals surface area contributed by atoms with Crippen LogP contribution in [0.4, 0.5) is 10.1 Å². The Labute approximate surface area is 180 Å². The van der Waals surface area contributed by atoms with Crippen LogP contribution in [0.1, 0.15) is 37.2 Å². The van der Waals surface area contributed by atoms with Crippen LogP contribution < -0.4 is 4.90 Å². The summed E-state index contributed by atoms with van der Waals surface area (Å²) in [7, 11) is 0. The molecule has 0 bridgehead atoms. The quantitative estimate of drug-likeness (QED) is 0.547. The topological polar surface area (TPSA) is 51.0 Å². The number of nitrogens with zero attached hydrogens (tertiary/aromatic N) is 4. The van der Waals surface area contributed by atoms with Gasteiger partial charge in [0.15, 0.2) is 5.16 Å². The molecule has 0 fully saturated rings. The molecule has 0 saturated carbocycles. The minimum absolute atomic E-state index is 0.00956. The molecule has 2 aromatic carbocycles. The summed E-state index contributed by atoms with van der Waals surface area (Å²) in [6.07, 6.45) is 2.33. The summed E-state index contributed by atoms with van der Waals surface area (Å²) < 4.78 is 15.7. The zero-order valence-corrected chi connectivity index (χ0v) is 18.0. The van der Waals surface area contributed by atoms with Gasteiger partial charge in [0.25, 0.3) is 0 Å². The highest BCUT2D eigenvalue weighted by molar-refractivity contribution is 7.99. The number of carbonyl (C=O) groups excluding carboxylic acids is 1. The fourth-order valence-electron chi connectivity index (χ4n) is 3.95. The first-order valence-electron chi connectivity index (χ1n) is 10.3. The summed E-state index contributed by atoms with van der Waals surface area (Å²) in [5.41, 5.74) is 2.90. The molecule has 7 heteroatoms. The van der Waals surface area contributed by atoms with E-state index in [9.17, 15) is 9.18 Å². The predicted octanol–water partition coefficient (Wildman–Crippen LogP) is 4.49. The van der Waals surface area contributed by atoms with Crippen LogP contribution in [0.5, 0.6) is 0 Å².